The topological polar surface area (TPSA) is 89.4 Å². The van der Waals surface area contributed by atoms with E-state index in [1.165, 1.54) is 16.7 Å². The molecule has 3 rings (SSSR count). The number of nitrogens with zero attached hydrogens (tertiary/aromatic N) is 4. The molecule has 27 heavy (non-hydrogen) atoms. The Morgan fingerprint density at radius 1 is 1.41 bits per heavy atom. The number of rotatable bonds is 7. The molecule has 0 bridgehead atoms. The molecule has 8 nitrogen and oxygen atoms in total. The fraction of sp³-hybridized carbons (Fsp3) is 0.444. The Morgan fingerprint density at radius 3 is 2.89 bits per heavy atom. The molecule has 0 aliphatic carbocycles. The highest BCUT2D eigenvalue weighted by Gasteiger charge is 2.31. The first kappa shape index (κ1) is 19.4. The molecule has 1 aliphatic heterocycles. The van der Waals surface area contributed by atoms with Crippen molar-refractivity contribution in [2.45, 2.75) is 30.8 Å². The van der Waals surface area contributed by atoms with Crippen molar-refractivity contribution >= 4 is 23.7 Å². The summed E-state index contributed by atoms with van der Waals surface area (Å²) in [4.78, 5) is 25.6. The summed E-state index contributed by atoms with van der Waals surface area (Å²) in [6.45, 7) is 5.76. The molecule has 1 saturated heterocycles. The van der Waals surface area contributed by atoms with Gasteiger partial charge in [0.1, 0.15) is 0 Å². The lowest BCUT2D eigenvalue weighted by Gasteiger charge is -2.17. The Balaban J connectivity index is 1.84. The smallest absolute Gasteiger partial charge is 0.324 e. The van der Waals surface area contributed by atoms with Gasteiger partial charge in [0.2, 0.25) is 5.91 Å². The number of urea groups is 1. The van der Waals surface area contributed by atoms with Crippen LogP contribution in [0.4, 0.5) is 4.79 Å². The van der Waals surface area contributed by atoms with E-state index in [4.69, 9.17) is 4.74 Å². The number of amides is 3. The predicted molar refractivity (Wildman–Crippen MR) is 103 cm³/mol. The molecule has 3 amide bonds. The standard InChI is InChI=1S/C18H23N5O3S/c1-12-5-4-6-14(11-12)15-20-21-18(22(15)9-10-26-3)27-13(2)16(24)23-8-7-19-17(23)25/h4-6,11,13H,7-10H2,1-3H3,(H,19,25)/t13-/m0/s1. The van der Waals surface area contributed by atoms with Gasteiger partial charge in [0, 0.05) is 25.8 Å². The summed E-state index contributed by atoms with van der Waals surface area (Å²) >= 11 is 1.30. The second-order valence-electron chi connectivity index (χ2n) is 6.30. The van der Waals surface area contributed by atoms with Gasteiger partial charge in [-0.3, -0.25) is 14.3 Å². The molecule has 2 heterocycles. The van der Waals surface area contributed by atoms with Gasteiger partial charge in [0.25, 0.3) is 0 Å². The lowest BCUT2D eigenvalue weighted by molar-refractivity contribution is -0.126. The van der Waals surface area contributed by atoms with Crippen LogP contribution in [0, 0.1) is 6.92 Å². The highest BCUT2D eigenvalue weighted by molar-refractivity contribution is 8.00. The van der Waals surface area contributed by atoms with E-state index in [0.717, 1.165) is 17.0 Å². The third kappa shape index (κ3) is 4.30. The number of methoxy groups -OCH3 is 1. The van der Waals surface area contributed by atoms with Gasteiger partial charge in [-0.25, -0.2) is 4.79 Å². The highest BCUT2D eigenvalue weighted by atomic mass is 32.2. The Kier molecular flexibility index (Phi) is 6.12. The quantitative estimate of drug-likeness (QED) is 0.728. The molecular weight excluding hydrogens is 366 g/mol. The summed E-state index contributed by atoms with van der Waals surface area (Å²) in [6, 6.07) is 7.69. The summed E-state index contributed by atoms with van der Waals surface area (Å²) in [5.41, 5.74) is 2.09. The van der Waals surface area contributed by atoms with Crippen LogP contribution in [0.2, 0.25) is 0 Å². The highest BCUT2D eigenvalue weighted by Crippen LogP contribution is 2.28. The molecule has 1 N–H and O–H groups in total. The second kappa shape index (κ2) is 8.53. The lowest BCUT2D eigenvalue weighted by atomic mass is 10.1. The van der Waals surface area contributed by atoms with E-state index >= 15 is 0 Å². The largest absolute Gasteiger partial charge is 0.383 e. The Hall–Kier alpha value is -2.39. The van der Waals surface area contributed by atoms with Crippen molar-refractivity contribution in [2.75, 3.05) is 26.8 Å². The molecule has 0 spiro atoms. The summed E-state index contributed by atoms with van der Waals surface area (Å²) in [5, 5.41) is 11.5. The second-order valence-corrected chi connectivity index (χ2v) is 7.61. The van der Waals surface area contributed by atoms with Gasteiger partial charge in [0.15, 0.2) is 11.0 Å². The van der Waals surface area contributed by atoms with Crippen molar-refractivity contribution < 1.29 is 14.3 Å². The fourth-order valence-corrected chi connectivity index (χ4v) is 3.80. The zero-order valence-electron chi connectivity index (χ0n) is 15.6. The van der Waals surface area contributed by atoms with Gasteiger partial charge in [-0.05, 0) is 19.9 Å². The van der Waals surface area contributed by atoms with Crippen molar-refractivity contribution in [1.29, 1.82) is 0 Å². The monoisotopic (exact) mass is 389 g/mol. The van der Waals surface area contributed by atoms with E-state index in [2.05, 4.69) is 15.5 Å². The number of imide groups is 1. The minimum atomic E-state index is -0.454. The Bertz CT molecular complexity index is 838. The number of thioether (sulfide) groups is 1. The maximum Gasteiger partial charge on any atom is 0.324 e. The summed E-state index contributed by atoms with van der Waals surface area (Å²) in [5.74, 6) is 0.505. The van der Waals surface area contributed by atoms with Gasteiger partial charge < -0.3 is 10.1 Å². The predicted octanol–water partition coefficient (Wildman–Crippen LogP) is 1.93. The van der Waals surface area contributed by atoms with E-state index in [1.807, 2.05) is 35.8 Å². The van der Waals surface area contributed by atoms with Crippen LogP contribution in [0.3, 0.4) is 0 Å². The molecule has 144 valence electrons. The van der Waals surface area contributed by atoms with Crippen molar-refractivity contribution in [3.05, 3.63) is 29.8 Å². The van der Waals surface area contributed by atoms with E-state index in [0.29, 0.717) is 31.4 Å². The Labute approximate surface area is 162 Å². The fourth-order valence-electron chi connectivity index (χ4n) is 2.87. The Morgan fingerprint density at radius 2 is 2.22 bits per heavy atom. The third-order valence-electron chi connectivity index (χ3n) is 4.26. The molecular formula is C18H23N5O3S. The molecule has 0 saturated carbocycles. The lowest BCUT2D eigenvalue weighted by Crippen LogP contribution is -2.39. The van der Waals surface area contributed by atoms with Crippen LogP contribution in [0.25, 0.3) is 11.4 Å². The van der Waals surface area contributed by atoms with Crippen LogP contribution in [-0.4, -0.2) is 63.7 Å². The summed E-state index contributed by atoms with van der Waals surface area (Å²) < 4.78 is 7.17. The number of ether oxygens (including phenoxy) is 1. The number of hydrogen-bond donors (Lipinski definition) is 1. The van der Waals surface area contributed by atoms with Gasteiger partial charge in [0.05, 0.1) is 18.4 Å². The summed E-state index contributed by atoms with van der Waals surface area (Å²) in [7, 11) is 1.64. The van der Waals surface area contributed by atoms with Crippen LogP contribution in [0.15, 0.2) is 29.4 Å². The van der Waals surface area contributed by atoms with Crippen molar-refractivity contribution in [2.24, 2.45) is 0 Å². The average molecular weight is 389 g/mol. The molecule has 9 heteroatoms. The molecule has 1 aliphatic rings. The first-order valence-corrected chi connectivity index (χ1v) is 9.64. The normalized spacial score (nSPS) is 15.1. The van der Waals surface area contributed by atoms with Crippen LogP contribution >= 0.6 is 11.8 Å². The van der Waals surface area contributed by atoms with Gasteiger partial charge in [-0.2, -0.15) is 0 Å². The van der Waals surface area contributed by atoms with Crippen molar-refractivity contribution in [1.82, 2.24) is 25.0 Å². The number of hydrogen-bond acceptors (Lipinski definition) is 6. The van der Waals surface area contributed by atoms with Gasteiger partial charge in [-0.1, -0.05) is 35.5 Å². The number of nitrogens with one attached hydrogen (secondary N) is 1. The number of benzene rings is 1. The van der Waals surface area contributed by atoms with Crippen molar-refractivity contribution in [3.8, 4) is 11.4 Å². The van der Waals surface area contributed by atoms with Crippen LogP contribution in [0.1, 0.15) is 12.5 Å². The van der Waals surface area contributed by atoms with Crippen molar-refractivity contribution in [3.63, 3.8) is 0 Å². The molecule has 0 radical (unpaired) electrons. The maximum atomic E-state index is 12.6. The molecule has 1 aromatic heterocycles. The molecule has 0 unspecified atom stereocenters. The van der Waals surface area contributed by atoms with E-state index in [1.54, 1.807) is 14.0 Å². The molecule has 1 atom stereocenters. The minimum absolute atomic E-state index is 0.228. The van der Waals surface area contributed by atoms with Crippen LogP contribution < -0.4 is 5.32 Å². The van der Waals surface area contributed by atoms with E-state index < -0.39 is 5.25 Å². The van der Waals surface area contributed by atoms with E-state index in [-0.39, 0.29) is 11.9 Å². The number of carbonyl (C=O) groups excluding carboxylic acids is 2. The SMILES string of the molecule is COCCn1c(S[C@@H](C)C(=O)N2CCNC2=O)nnc1-c1cccc(C)c1. The molecule has 1 aromatic carbocycles. The van der Waals surface area contributed by atoms with Gasteiger partial charge >= 0.3 is 6.03 Å². The third-order valence-corrected chi connectivity index (χ3v) is 5.33. The maximum absolute atomic E-state index is 12.6. The number of carbonyl (C=O) groups is 2. The van der Waals surface area contributed by atoms with Crippen LogP contribution in [0.5, 0.6) is 0 Å². The van der Waals surface area contributed by atoms with Crippen LogP contribution in [-0.2, 0) is 16.1 Å². The molecule has 2 aromatic rings. The van der Waals surface area contributed by atoms with Gasteiger partial charge in [-0.15, -0.1) is 10.2 Å². The zero-order chi connectivity index (χ0) is 19.4. The number of aromatic nitrogens is 3. The zero-order valence-corrected chi connectivity index (χ0v) is 16.5. The van der Waals surface area contributed by atoms with E-state index in [9.17, 15) is 9.59 Å². The minimum Gasteiger partial charge on any atom is -0.383 e. The molecule has 1 fully saturated rings. The average Bonchev–Trinajstić information content (AvgIpc) is 3.25. The number of aryl methyl sites for hydroxylation is 1. The summed E-state index contributed by atoms with van der Waals surface area (Å²) in [6.07, 6.45) is 0. The first-order valence-electron chi connectivity index (χ1n) is 8.76. The first-order chi connectivity index (χ1) is 13.0.